The molecule has 0 aliphatic carbocycles. The van der Waals surface area contributed by atoms with Crippen LogP contribution in [0.4, 0.5) is 4.39 Å². The molecule has 0 spiro atoms. The summed E-state index contributed by atoms with van der Waals surface area (Å²) in [7, 11) is 0. The molecule has 0 aliphatic heterocycles. The molecule has 2 nitrogen and oxygen atoms in total. The van der Waals surface area contributed by atoms with Crippen LogP contribution in [0.1, 0.15) is 40.0 Å². The van der Waals surface area contributed by atoms with Crippen molar-refractivity contribution in [3.63, 3.8) is 0 Å². The predicted molar refractivity (Wildman–Crippen MR) is 88.6 cm³/mol. The van der Waals surface area contributed by atoms with Gasteiger partial charge in [0.2, 0.25) is 0 Å². The highest BCUT2D eigenvalue weighted by Crippen LogP contribution is 2.34. The van der Waals surface area contributed by atoms with Gasteiger partial charge in [0.05, 0.1) is 14.6 Å². The van der Waals surface area contributed by atoms with E-state index in [9.17, 15) is 4.39 Å². The third kappa shape index (κ3) is 2.35. The van der Waals surface area contributed by atoms with E-state index in [0.29, 0.717) is 8.34 Å². The molecule has 1 heterocycles. The van der Waals surface area contributed by atoms with E-state index in [-0.39, 0.29) is 11.4 Å². The van der Waals surface area contributed by atoms with E-state index in [0.717, 1.165) is 30.3 Å². The van der Waals surface area contributed by atoms with Crippen molar-refractivity contribution in [2.24, 2.45) is 0 Å². The number of benzene rings is 1. The molecule has 0 aliphatic rings. The molecule has 104 valence electrons. The van der Waals surface area contributed by atoms with Crippen molar-refractivity contribution >= 4 is 45.8 Å². The van der Waals surface area contributed by atoms with Crippen LogP contribution in [-0.4, -0.2) is 9.55 Å². The molecule has 2 rings (SSSR count). The number of nitrogens with one attached hydrogen (secondary N) is 1. The summed E-state index contributed by atoms with van der Waals surface area (Å²) in [4.78, 5) is 3.21. The number of halogens is 2. The topological polar surface area (TPSA) is 20.7 Å². The molecule has 0 saturated heterocycles. The van der Waals surface area contributed by atoms with Crippen molar-refractivity contribution in [3.05, 3.63) is 26.3 Å². The molecular weight excluding hydrogens is 374 g/mol. The fraction of sp³-hybridized carbons (Fsp3) is 0.500. The van der Waals surface area contributed by atoms with E-state index >= 15 is 0 Å². The second-order valence-electron chi connectivity index (χ2n) is 4.83. The van der Waals surface area contributed by atoms with Crippen LogP contribution in [0.15, 0.2) is 12.1 Å². The summed E-state index contributed by atoms with van der Waals surface area (Å²) in [6.45, 7) is 6.49. The lowest BCUT2D eigenvalue weighted by molar-refractivity contribution is 0.255. The number of hydrogen-bond acceptors (Lipinski definition) is 1. The first-order valence-electron chi connectivity index (χ1n) is 6.59. The van der Waals surface area contributed by atoms with Gasteiger partial charge in [-0.05, 0) is 60.1 Å². The first-order valence-corrected chi connectivity index (χ1v) is 8.08. The van der Waals surface area contributed by atoms with Crippen molar-refractivity contribution < 1.29 is 4.39 Å². The van der Waals surface area contributed by atoms with Gasteiger partial charge in [-0.25, -0.2) is 4.39 Å². The molecule has 1 aromatic heterocycles. The minimum absolute atomic E-state index is 0.0332. The van der Waals surface area contributed by atoms with Crippen LogP contribution in [0.3, 0.4) is 0 Å². The highest BCUT2D eigenvalue weighted by molar-refractivity contribution is 14.1. The first-order chi connectivity index (χ1) is 8.99. The Hall–Kier alpha value is -0.430. The quantitative estimate of drug-likeness (QED) is 0.548. The van der Waals surface area contributed by atoms with Gasteiger partial charge < -0.3 is 9.55 Å². The van der Waals surface area contributed by atoms with Gasteiger partial charge in [0, 0.05) is 11.6 Å². The minimum atomic E-state index is -0.187. The molecule has 0 radical (unpaired) electrons. The number of rotatable bonds is 4. The molecule has 2 aromatic rings. The van der Waals surface area contributed by atoms with E-state index in [1.807, 2.05) is 28.7 Å². The maximum Gasteiger partial charge on any atom is 0.178 e. The zero-order valence-electron chi connectivity index (χ0n) is 11.4. The van der Waals surface area contributed by atoms with Crippen LogP contribution < -0.4 is 0 Å². The largest absolute Gasteiger partial charge is 0.331 e. The second kappa shape index (κ2) is 5.52. The fourth-order valence-electron chi connectivity index (χ4n) is 2.80. The predicted octanol–water partition coefficient (Wildman–Crippen LogP) is 5.37. The molecular formula is C14H18FIN2S. The van der Waals surface area contributed by atoms with Gasteiger partial charge in [0.1, 0.15) is 5.82 Å². The van der Waals surface area contributed by atoms with Crippen molar-refractivity contribution in [3.8, 4) is 0 Å². The number of H-pyrrole nitrogens is 1. The van der Waals surface area contributed by atoms with Crippen LogP contribution in [0, 0.1) is 14.2 Å². The lowest BCUT2D eigenvalue weighted by Crippen LogP contribution is -2.31. The number of nitrogens with zero attached hydrogens (tertiary/aromatic N) is 1. The number of fused-ring (bicyclic) bond motifs is 1. The molecule has 0 amide bonds. The third-order valence-electron chi connectivity index (χ3n) is 4.17. The van der Waals surface area contributed by atoms with E-state index < -0.39 is 0 Å². The summed E-state index contributed by atoms with van der Waals surface area (Å²) < 4.78 is 17.3. The maximum atomic E-state index is 13.9. The normalized spacial score (nSPS) is 12.3. The van der Waals surface area contributed by atoms with Crippen LogP contribution >= 0.6 is 34.8 Å². The Bertz CT molecular complexity index is 647. The number of hydrogen-bond donors (Lipinski definition) is 1. The van der Waals surface area contributed by atoms with Crippen LogP contribution in [0.2, 0.25) is 0 Å². The van der Waals surface area contributed by atoms with Crippen LogP contribution in [0.5, 0.6) is 0 Å². The van der Waals surface area contributed by atoms with Gasteiger partial charge in [0.15, 0.2) is 4.77 Å². The standard InChI is InChI=1S/C14H18FIN2S/c1-4-14(5-2,6-3)18-12-7-9(15)10(16)8-11(12)17-13(18)19/h7-8H,4-6H2,1-3H3,(H,17,19). The lowest BCUT2D eigenvalue weighted by atomic mass is 9.89. The number of aromatic amines is 1. The summed E-state index contributed by atoms with van der Waals surface area (Å²) in [6.07, 6.45) is 2.94. The SMILES string of the molecule is CCC(CC)(CC)n1c(=S)[nH]c2cc(I)c(F)cc21. The van der Waals surface area contributed by atoms with E-state index in [1.54, 1.807) is 6.07 Å². The van der Waals surface area contributed by atoms with Crippen molar-refractivity contribution in [1.82, 2.24) is 9.55 Å². The molecule has 0 saturated carbocycles. The average molecular weight is 392 g/mol. The Morgan fingerprint density at radius 2 is 1.84 bits per heavy atom. The van der Waals surface area contributed by atoms with Gasteiger partial charge in [-0.3, -0.25) is 0 Å². The minimum Gasteiger partial charge on any atom is -0.331 e. The maximum absolute atomic E-state index is 13.9. The van der Waals surface area contributed by atoms with Gasteiger partial charge in [0.25, 0.3) is 0 Å². The average Bonchev–Trinajstić information content (AvgIpc) is 2.70. The van der Waals surface area contributed by atoms with Gasteiger partial charge in [-0.2, -0.15) is 0 Å². The monoisotopic (exact) mass is 392 g/mol. The summed E-state index contributed by atoms with van der Waals surface area (Å²) in [5.41, 5.74) is 1.75. The van der Waals surface area contributed by atoms with Gasteiger partial charge >= 0.3 is 0 Å². The molecule has 0 bridgehead atoms. The molecule has 1 N–H and O–H groups in total. The zero-order chi connectivity index (χ0) is 14.2. The van der Waals surface area contributed by atoms with E-state index in [4.69, 9.17) is 12.2 Å². The Balaban J connectivity index is 2.83. The lowest BCUT2D eigenvalue weighted by Gasteiger charge is -2.33. The summed E-state index contributed by atoms with van der Waals surface area (Å²) in [5, 5.41) is 0. The highest BCUT2D eigenvalue weighted by atomic mass is 127. The second-order valence-corrected chi connectivity index (χ2v) is 6.38. The Morgan fingerprint density at radius 1 is 1.26 bits per heavy atom. The molecule has 0 unspecified atom stereocenters. The number of aromatic nitrogens is 2. The van der Waals surface area contributed by atoms with Gasteiger partial charge in [-0.1, -0.05) is 20.8 Å². The molecule has 0 atom stereocenters. The van der Waals surface area contributed by atoms with Crippen molar-refractivity contribution in [2.45, 2.75) is 45.6 Å². The van der Waals surface area contributed by atoms with E-state index in [2.05, 4.69) is 30.3 Å². The molecule has 19 heavy (non-hydrogen) atoms. The molecule has 1 aromatic carbocycles. The summed E-state index contributed by atoms with van der Waals surface area (Å²) >= 11 is 7.47. The van der Waals surface area contributed by atoms with Crippen molar-refractivity contribution in [1.29, 1.82) is 0 Å². The smallest absolute Gasteiger partial charge is 0.178 e. The van der Waals surface area contributed by atoms with Crippen molar-refractivity contribution in [2.75, 3.05) is 0 Å². The first kappa shape index (κ1) is 15.0. The summed E-state index contributed by atoms with van der Waals surface area (Å²) in [5.74, 6) is -0.187. The zero-order valence-corrected chi connectivity index (χ0v) is 14.4. The Labute approximate surface area is 131 Å². The van der Waals surface area contributed by atoms with E-state index in [1.165, 1.54) is 0 Å². The van der Waals surface area contributed by atoms with Gasteiger partial charge in [-0.15, -0.1) is 0 Å². The fourth-order valence-corrected chi connectivity index (χ4v) is 3.67. The Kier molecular flexibility index (Phi) is 4.35. The molecule has 5 heteroatoms. The summed E-state index contributed by atoms with van der Waals surface area (Å²) in [6, 6.07) is 3.42. The number of imidazole rings is 1. The third-order valence-corrected chi connectivity index (χ3v) is 5.28. The molecule has 0 fully saturated rings. The Morgan fingerprint density at radius 3 is 2.37 bits per heavy atom. The van der Waals surface area contributed by atoms with Crippen LogP contribution in [-0.2, 0) is 5.54 Å². The van der Waals surface area contributed by atoms with Crippen LogP contribution in [0.25, 0.3) is 11.0 Å². The highest BCUT2D eigenvalue weighted by Gasteiger charge is 2.28.